The maximum Gasteiger partial charge on any atom is 0.252 e. The normalized spacial score (nSPS) is 17.2. The highest BCUT2D eigenvalue weighted by Gasteiger charge is 2.48. The maximum absolute atomic E-state index is 13.6. The first-order valence-corrected chi connectivity index (χ1v) is 7.52. The lowest BCUT2D eigenvalue weighted by atomic mass is 9.86. The Balaban J connectivity index is 1.74. The van der Waals surface area contributed by atoms with Crippen LogP contribution in [0.3, 0.4) is 0 Å². The van der Waals surface area contributed by atoms with Gasteiger partial charge < -0.3 is 4.52 Å². The molecule has 0 radical (unpaired) electrons. The Hall–Kier alpha value is -2.44. The monoisotopic (exact) mass is 316 g/mol. The van der Waals surface area contributed by atoms with Crippen molar-refractivity contribution in [2.24, 2.45) is 0 Å². The van der Waals surface area contributed by atoms with Crippen molar-refractivity contribution in [3.05, 3.63) is 36.5 Å². The molecular weight excluding hydrogens is 302 g/mol. The summed E-state index contributed by atoms with van der Waals surface area (Å²) in [5, 5.41) is 3.90. The average Bonchev–Trinajstić information content (AvgIpc) is 3.24. The third-order valence-corrected chi connectivity index (χ3v) is 4.49. The van der Waals surface area contributed by atoms with Crippen molar-refractivity contribution in [3.63, 3.8) is 0 Å². The lowest BCUT2D eigenvalue weighted by Crippen LogP contribution is -2.31. The number of rotatable bonds is 3. The van der Waals surface area contributed by atoms with Crippen LogP contribution in [0, 0.1) is 0 Å². The summed E-state index contributed by atoms with van der Waals surface area (Å²) >= 11 is 0. The van der Waals surface area contributed by atoms with Gasteiger partial charge in [0.05, 0.1) is 11.0 Å². The van der Waals surface area contributed by atoms with E-state index in [1.807, 2.05) is 0 Å². The fraction of sp³-hybridized carbons (Fsp3) is 0.375. The first-order valence-electron chi connectivity index (χ1n) is 7.52. The molecule has 0 saturated heterocycles. The van der Waals surface area contributed by atoms with Crippen LogP contribution in [0.5, 0.6) is 0 Å². The lowest BCUT2D eigenvalue weighted by Gasteiger charge is -2.22. The molecule has 0 amide bonds. The van der Waals surface area contributed by atoms with Gasteiger partial charge in [-0.15, -0.1) is 0 Å². The zero-order chi connectivity index (χ0) is 15.9. The van der Waals surface area contributed by atoms with Gasteiger partial charge in [0.2, 0.25) is 11.7 Å². The van der Waals surface area contributed by atoms with E-state index >= 15 is 0 Å². The Bertz CT molecular complexity index is 843. The molecule has 0 N–H and O–H groups in total. The minimum Gasteiger partial charge on any atom is -0.338 e. The van der Waals surface area contributed by atoms with E-state index < -0.39 is 11.8 Å². The van der Waals surface area contributed by atoms with Gasteiger partial charge in [0.25, 0.3) is 6.43 Å². The number of hydrogen-bond donors (Lipinski definition) is 0. The Morgan fingerprint density at radius 1 is 1.04 bits per heavy atom. The lowest BCUT2D eigenvalue weighted by molar-refractivity contribution is 0.0328. The third kappa shape index (κ3) is 2.27. The smallest absolute Gasteiger partial charge is 0.252 e. The summed E-state index contributed by atoms with van der Waals surface area (Å²) in [7, 11) is 0. The fourth-order valence-electron chi connectivity index (χ4n) is 3.18. The van der Waals surface area contributed by atoms with Gasteiger partial charge in [0.15, 0.2) is 0 Å². The molecule has 23 heavy (non-hydrogen) atoms. The van der Waals surface area contributed by atoms with E-state index in [0.29, 0.717) is 29.7 Å². The Labute approximate surface area is 130 Å². The van der Waals surface area contributed by atoms with Crippen LogP contribution in [0.2, 0.25) is 0 Å². The quantitative estimate of drug-likeness (QED) is 0.736. The van der Waals surface area contributed by atoms with Crippen molar-refractivity contribution in [1.29, 1.82) is 0 Å². The molecule has 0 spiro atoms. The molecule has 2 aromatic heterocycles. The maximum atomic E-state index is 13.6. The molecule has 1 aliphatic rings. The molecule has 0 unspecified atom stereocenters. The Kier molecular flexibility index (Phi) is 3.28. The molecule has 3 aromatic rings. The van der Waals surface area contributed by atoms with Gasteiger partial charge >= 0.3 is 0 Å². The second-order valence-electron chi connectivity index (χ2n) is 5.85. The predicted octanol–water partition coefficient (Wildman–Crippen LogP) is 3.76. The van der Waals surface area contributed by atoms with E-state index in [-0.39, 0.29) is 5.89 Å². The molecule has 1 aromatic carbocycles. The van der Waals surface area contributed by atoms with Crippen LogP contribution in [0.1, 0.15) is 31.6 Å². The van der Waals surface area contributed by atoms with E-state index in [4.69, 9.17) is 4.52 Å². The minimum absolute atomic E-state index is 0.0410. The summed E-state index contributed by atoms with van der Waals surface area (Å²) in [5.74, 6) is 0.346. The Morgan fingerprint density at radius 2 is 1.78 bits per heavy atom. The zero-order valence-electron chi connectivity index (χ0n) is 12.2. The molecule has 0 bridgehead atoms. The summed E-state index contributed by atoms with van der Waals surface area (Å²) < 4.78 is 32.3. The zero-order valence-corrected chi connectivity index (χ0v) is 12.2. The molecule has 7 heteroatoms. The van der Waals surface area contributed by atoms with E-state index in [1.165, 1.54) is 0 Å². The van der Waals surface area contributed by atoms with Gasteiger partial charge in [-0.25, -0.2) is 8.78 Å². The molecule has 5 nitrogen and oxygen atoms in total. The highest BCUT2D eigenvalue weighted by molar-refractivity contribution is 5.79. The molecule has 1 fully saturated rings. The highest BCUT2D eigenvalue weighted by atomic mass is 19.3. The SMILES string of the molecule is FC(F)C1(c2nc(-c3ccc4nccnc4c3)no2)CCCC1. The summed E-state index contributed by atoms with van der Waals surface area (Å²) in [4.78, 5) is 12.7. The van der Waals surface area contributed by atoms with Crippen molar-refractivity contribution in [2.45, 2.75) is 37.5 Å². The van der Waals surface area contributed by atoms with E-state index in [1.54, 1.807) is 30.6 Å². The number of nitrogens with zero attached hydrogens (tertiary/aromatic N) is 4. The van der Waals surface area contributed by atoms with Gasteiger partial charge in [-0.05, 0) is 31.0 Å². The number of alkyl halides is 2. The van der Waals surface area contributed by atoms with Crippen molar-refractivity contribution in [3.8, 4) is 11.4 Å². The summed E-state index contributed by atoms with van der Waals surface area (Å²) in [6.45, 7) is 0. The van der Waals surface area contributed by atoms with Gasteiger partial charge in [-0.3, -0.25) is 9.97 Å². The summed E-state index contributed by atoms with van der Waals surface area (Å²) in [6, 6.07) is 5.36. The molecule has 4 rings (SSSR count). The van der Waals surface area contributed by atoms with Gasteiger partial charge in [0, 0.05) is 18.0 Å². The third-order valence-electron chi connectivity index (χ3n) is 4.49. The standard InChI is InChI=1S/C16H14F2N4O/c17-14(18)16(5-1-2-6-16)15-21-13(22-23-15)10-3-4-11-12(9-10)20-8-7-19-11/h3-4,7-9,14H,1-2,5-6H2. The van der Waals surface area contributed by atoms with Crippen LogP contribution >= 0.6 is 0 Å². The van der Waals surface area contributed by atoms with Crippen LogP contribution in [0.15, 0.2) is 35.1 Å². The van der Waals surface area contributed by atoms with Crippen LogP contribution in [0.4, 0.5) is 8.78 Å². The fourth-order valence-corrected chi connectivity index (χ4v) is 3.18. The Morgan fingerprint density at radius 3 is 2.52 bits per heavy atom. The van der Waals surface area contributed by atoms with E-state index in [2.05, 4.69) is 20.1 Å². The number of aromatic nitrogens is 4. The number of halogens is 2. The van der Waals surface area contributed by atoms with Crippen molar-refractivity contribution >= 4 is 11.0 Å². The van der Waals surface area contributed by atoms with Crippen LogP contribution in [-0.4, -0.2) is 26.5 Å². The molecule has 1 saturated carbocycles. The second kappa shape index (κ2) is 5.33. The van der Waals surface area contributed by atoms with Crippen molar-refractivity contribution in [1.82, 2.24) is 20.1 Å². The van der Waals surface area contributed by atoms with Gasteiger partial charge in [0.1, 0.15) is 5.41 Å². The first-order chi connectivity index (χ1) is 11.2. The van der Waals surface area contributed by atoms with E-state index in [9.17, 15) is 8.78 Å². The minimum atomic E-state index is -2.50. The molecular formula is C16H14F2N4O. The van der Waals surface area contributed by atoms with Crippen LogP contribution in [-0.2, 0) is 5.41 Å². The summed E-state index contributed by atoms with van der Waals surface area (Å²) in [6.07, 6.45) is 2.99. The summed E-state index contributed by atoms with van der Waals surface area (Å²) in [5.41, 5.74) is 0.832. The largest absolute Gasteiger partial charge is 0.338 e. The van der Waals surface area contributed by atoms with Crippen molar-refractivity contribution in [2.75, 3.05) is 0 Å². The van der Waals surface area contributed by atoms with Gasteiger partial charge in [-0.1, -0.05) is 18.0 Å². The molecule has 0 atom stereocenters. The van der Waals surface area contributed by atoms with Crippen LogP contribution in [0.25, 0.3) is 22.4 Å². The number of hydrogen-bond acceptors (Lipinski definition) is 5. The average molecular weight is 316 g/mol. The highest BCUT2D eigenvalue weighted by Crippen LogP contribution is 2.45. The number of benzene rings is 1. The van der Waals surface area contributed by atoms with Crippen molar-refractivity contribution < 1.29 is 13.3 Å². The van der Waals surface area contributed by atoms with E-state index in [0.717, 1.165) is 18.4 Å². The van der Waals surface area contributed by atoms with Gasteiger partial charge in [-0.2, -0.15) is 4.98 Å². The molecule has 0 aliphatic heterocycles. The second-order valence-corrected chi connectivity index (χ2v) is 5.85. The number of fused-ring (bicyclic) bond motifs is 1. The first kappa shape index (κ1) is 14.2. The topological polar surface area (TPSA) is 64.7 Å². The van der Waals surface area contributed by atoms with Crippen LogP contribution < -0.4 is 0 Å². The molecule has 1 aliphatic carbocycles. The molecule has 118 valence electrons. The molecule has 2 heterocycles. The predicted molar refractivity (Wildman–Crippen MR) is 79.0 cm³/mol.